The summed E-state index contributed by atoms with van der Waals surface area (Å²) in [4.78, 5) is 16.5. The zero-order valence-corrected chi connectivity index (χ0v) is 12.0. The first-order valence-corrected chi connectivity index (χ1v) is 6.75. The molecule has 4 nitrogen and oxygen atoms in total. The number of aliphatic hydroxyl groups excluding tert-OH is 1. The van der Waals surface area contributed by atoms with Crippen LogP contribution in [-0.2, 0) is 9.53 Å². The van der Waals surface area contributed by atoms with Gasteiger partial charge >= 0.3 is 5.97 Å². The third-order valence-electron chi connectivity index (χ3n) is 1.96. The number of thioether (sulfide) groups is 1. The molecule has 1 N–H and O–H groups in total. The van der Waals surface area contributed by atoms with Gasteiger partial charge in [-0.3, -0.25) is 9.78 Å². The Hall–Kier alpha value is -1.07. The van der Waals surface area contributed by atoms with E-state index in [1.807, 2.05) is 26.8 Å². The molecule has 0 aromatic carbocycles. The van der Waals surface area contributed by atoms with E-state index in [1.165, 1.54) is 11.8 Å². The summed E-state index contributed by atoms with van der Waals surface area (Å²) in [6, 6.07) is 3.59. The van der Waals surface area contributed by atoms with E-state index in [0.717, 1.165) is 4.90 Å². The van der Waals surface area contributed by atoms with Gasteiger partial charge in [0.25, 0.3) is 0 Å². The maximum Gasteiger partial charge on any atom is 0.316 e. The van der Waals surface area contributed by atoms with Gasteiger partial charge in [-0.1, -0.05) is 0 Å². The normalized spacial score (nSPS) is 13.2. The third kappa shape index (κ3) is 5.51. The number of hydrogen-bond acceptors (Lipinski definition) is 5. The minimum Gasteiger partial charge on any atom is -0.459 e. The predicted molar refractivity (Wildman–Crippen MR) is 71.4 cm³/mol. The van der Waals surface area contributed by atoms with Gasteiger partial charge in [-0.25, -0.2) is 0 Å². The number of ether oxygens (including phenoxy) is 1. The van der Waals surface area contributed by atoms with E-state index in [4.69, 9.17) is 4.74 Å². The predicted octanol–water partition coefficient (Wildman–Crippen LogP) is 2.57. The van der Waals surface area contributed by atoms with Crippen molar-refractivity contribution in [1.82, 2.24) is 4.98 Å². The lowest BCUT2D eigenvalue weighted by Crippen LogP contribution is -2.24. The molecule has 1 aromatic rings. The molecule has 0 aliphatic rings. The Kier molecular flexibility index (Phi) is 5.16. The van der Waals surface area contributed by atoms with Crippen LogP contribution in [0.15, 0.2) is 23.2 Å². The quantitative estimate of drug-likeness (QED) is 0.672. The number of aliphatic hydroxyl groups is 1. The van der Waals surface area contributed by atoms with Crippen molar-refractivity contribution in [2.24, 2.45) is 0 Å². The number of hydrogen-bond donors (Lipinski definition) is 1. The Labute approximate surface area is 112 Å². The van der Waals surface area contributed by atoms with Crippen molar-refractivity contribution in [1.29, 1.82) is 0 Å². The molecule has 0 spiro atoms. The second-order valence-electron chi connectivity index (χ2n) is 4.97. The van der Waals surface area contributed by atoms with Crippen molar-refractivity contribution in [3.63, 3.8) is 0 Å². The highest BCUT2D eigenvalue weighted by Gasteiger charge is 2.16. The summed E-state index contributed by atoms with van der Waals surface area (Å²) in [6.45, 7) is 7.19. The van der Waals surface area contributed by atoms with Crippen LogP contribution in [0.2, 0.25) is 0 Å². The Morgan fingerprint density at radius 3 is 2.61 bits per heavy atom. The van der Waals surface area contributed by atoms with Crippen LogP contribution >= 0.6 is 11.8 Å². The summed E-state index contributed by atoms with van der Waals surface area (Å²) < 4.78 is 5.20. The highest BCUT2D eigenvalue weighted by atomic mass is 32.2. The Bertz CT molecular complexity index is 396. The molecule has 0 aliphatic heterocycles. The molecular weight excluding hydrogens is 250 g/mol. The van der Waals surface area contributed by atoms with Crippen LogP contribution in [0, 0.1) is 0 Å². The van der Waals surface area contributed by atoms with Crippen molar-refractivity contribution in [3.05, 3.63) is 24.0 Å². The number of rotatable bonds is 4. The maximum absolute atomic E-state index is 11.5. The van der Waals surface area contributed by atoms with E-state index in [1.54, 1.807) is 19.2 Å². The van der Waals surface area contributed by atoms with E-state index in [-0.39, 0.29) is 11.7 Å². The first-order chi connectivity index (χ1) is 8.28. The largest absolute Gasteiger partial charge is 0.459 e. The first-order valence-electron chi connectivity index (χ1n) is 5.76. The molecule has 1 aromatic heterocycles. The van der Waals surface area contributed by atoms with Gasteiger partial charge < -0.3 is 9.84 Å². The molecule has 0 radical (unpaired) electrons. The molecule has 0 amide bonds. The molecule has 18 heavy (non-hydrogen) atoms. The van der Waals surface area contributed by atoms with Crippen LogP contribution in [0.5, 0.6) is 0 Å². The van der Waals surface area contributed by atoms with Crippen LogP contribution in [0.4, 0.5) is 0 Å². The molecule has 5 heteroatoms. The first kappa shape index (κ1) is 15.0. The van der Waals surface area contributed by atoms with E-state index in [0.29, 0.717) is 5.69 Å². The average molecular weight is 269 g/mol. The van der Waals surface area contributed by atoms with E-state index >= 15 is 0 Å². The Morgan fingerprint density at radius 1 is 1.50 bits per heavy atom. The maximum atomic E-state index is 11.5. The van der Waals surface area contributed by atoms with Crippen molar-refractivity contribution < 1.29 is 14.6 Å². The second-order valence-corrected chi connectivity index (χ2v) is 6.02. The van der Waals surface area contributed by atoms with E-state index in [9.17, 15) is 9.90 Å². The molecule has 0 saturated heterocycles. The van der Waals surface area contributed by atoms with E-state index < -0.39 is 11.7 Å². The lowest BCUT2D eigenvalue weighted by atomic mass is 10.2. The lowest BCUT2D eigenvalue weighted by molar-refractivity contribution is -0.151. The number of pyridine rings is 1. The molecule has 0 saturated carbocycles. The lowest BCUT2D eigenvalue weighted by Gasteiger charge is -2.19. The number of carbonyl (C=O) groups is 1. The topological polar surface area (TPSA) is 59.4 Å². The molecule has 0 aliphatic carbocycles. The van der Waals surface area contributed by atoms with Gasteiger partial charge in [-0.2, -0.15) is 0 Å². The standard InChI is InChI=1S/C13H19NO3S/c1-9(15)11-6-5-10(7-14-11)18-8-12(16)17-13(2,3)4/h5-7,9,15H,8H2,1-4H3/t9-/m0/s1. The van der Waals surface area contributed by atoms with Crippen molar-refractivity contribution >= 4 is 17.7 Å². The molecule has 0 unspecified atom stereocenters. The minimum absolute atomic E-state index is 0.243. The van der Waals surface area contributed by atoms with Gasteiger partial charge in [0.1, 0.15) is 5.60 Å². The van der Waals surface area contributed by atoms with Gasteiger partial charge in [0.15, 0.2) is 0 Å². The zero-order chi connectivity index (χ0) is 13.8. The fourth-order valence-electron chi connectivity index (χ4n) is 1.24. The highest BCUT2D eigenvalue weighted by molar-refractivity contribution is 8.00. The zero-order valence-electron chi connectivity index (χ0n) is 11.1. The van der Waals surface area contributed by atoms with Gasteiger partial charge in [-0.15, -0.1) is 11.8 Å². The number of aromatic nitrogens is 1. The smallest absolute Gasteiger partial charge is 0.316 e. The minimum atomic E-state index is -0.574. The Morgan fingerprint density at radius 2 is 2.17 bits per heavy atom. The molecule has 0 bridgehead atoms. The van der Waals surface area contributed by atoms with Crippen molar-refractivity contribution in [3.8, 4) is 0 Å². The molecule has 1 heterocycles. The van der Waals surface area contributed by atoms with Crippen LogP contribution in [0.25, 0.3) is 0 Å². The number of nitrogens with zero attached hydrogens (tertiary/aromatic N) is 1. The highest BCUT2D eigenvalue weighted by Crippen LogP contribution is 2.20. The average Bonchev–Trinajstić information content (AvgIpc) is 2.24. The van der Waals surface area contributed by atoms with Crippen LogP contribution < -0.4 is 0 Å². The summed E-state index contributed by atoms with van der Waals surface area (Å²) in [5.41, 5.74) is 0.170. The molecular formula is C13H19NO3S. The third-order valence-corrected chi connectivity index (χ3v) is 2.92. The van der Waals surface area contributed by atoms with Gasteiger partial charge in [0.2, 0.25) is 0 Å². The van der Waals surface area contributed by atoms with Gasteiger partial charge in [-0.05, 0) is 39.8 Å². The van der Waals surface area contributed by atoms with Crippen molar-refractivity contribution in [2.45, 2.75) is 44.3 Å². The van der Waals surface area contributed by atoms with Gasteiger partial charge in [0.05, 0.1) is 17.6 Å². The SMILES string of the molecule is C[C@H](O)c1ccc(SCC(=O)OC(C)(C)C)cn1. The molecule has 100 valence electrons. The van der Waals surface area contributed by atoms with Gasteiger partial charge in [0, 0.05) is 11.1 Å². The van der Waals surface area contributed by atoms with Crippen LogP contribution in [0.3, 0.4) is 0 Å². The fraction of sp³-hybridized carbons (Fsp3) is 0.538. The fourth-order valence-corrected chi connectivity index (χ4v) is 1.87. The van der Waals surface area contributed by atoms with E-state index in [2.05, 4.69) is 4.98 Å². The number of esters is 1. The van der Waals surface area contributed by atoms with Crippen LogP contribution in [0.1, 0.15) is 39.5 Å². The molecule has 1 rings (SSSR count). The molecule has 0 fully saturated rings. The number of carbonyl (C=O) groups excluding carboxylic acids is 1. The monoisotopic (exact) mass is 269 g/mol. The molecule has 1 atom stereocenters. The summed E-state index contributed by atoms with van der Waals surface area (Å²) in [5, 5.41) is 9.32. The van der Waals surface area contributed by atoms with Crippen molar-refractivity contribution in [2.75, 3.05) is 5.75 Å². The Balaban J connectivity index is 2.46. The van der Waals surface area contributed by atoms with Crippen LogP contribution in [-0.4, -0.2) is 27.4 Å². The summed E-state index contributed by atoms with van der Waals surface area (Å²) in [7, 11) is 0. The second kappa shape index (κ2) is 6.20. The summed E-state index contributed by atoms with van der Waals surface area (Å²) in [5.74, 6) is 0.0135. The summed E-state index contributed by atoms with van der Waals surface area (Å²) in [6.07, 6.45) is 1.08. The summed E-state index contributed by atoms with van der Waals surface area (Å²) >= 11 is 1.37.